The summed E-state index contributed by atoms with van der Waals surface area (Å²) in [7, 11) is 1.81. The minimum atomic E-state index is -0.466. The van der Waals surface area contributed by atoms with Gasteiger partial charge in [-0.1, -0.05) is 36.4 Å². The first-order valence-corrected chi connectivity index (χ1v) is 12.2. The van der Waals surface area contributed by atoms with E-state index in [-0.39, 0.29) is 11.5 Å². The summed E-state index contributed by atoms with van der Waals surface area (Å²) in [4.78, 5) is 27.7. The largest absolute Gasteiger partial charge is 0.341 e. The molecule has 1 fully saturated rings. The number of halogens is 1. The zero-order chi connectivity index (χ0) is 24.1. The standard InChI is InChI=1S/C26H29FN4O2S/c1-17-14-23(28-25(32)19-10-6-11-20(27)15-19)34-24(17)26(33)31(2)13-7-12-21-16-22(30-29-21)18-8-4-3-5-9-18/h3-6,8-11,14-15,21-22,29-30H,7,12-13,16H2,1-2H3,(H,28,32). The summed E-state index contributed by atoms with van der Waals surface area (Å²) < 4.78 is 13.4. The molecule has 3 aromatic rings. The van der Waals surface area contributed by atoms with Gasteiger partial charge in [-0.15, -0.1) is 11.3 Å². The van der Waals surface area contributed by atoms with Crippen LogP contribution in [0.1, 0.15) is 56.5 Å². The summed E-state index contributed by atoms with van der Waals surface area (Å²) in [6, 6.07) is 18.4. The monoisotopic (exact) mass is 480 g/mol. The molecule has 2 aromatic carbocycles. The number of carbonyl (C=O) groups excluding carboxylic acids is 2. The van der Waals surface area contributed by atoms with E-state index in [1.165, 1.54) is 35.1 Å². The molecule has 3 N–H and O–H groups in total. The Hall–Kier alpha value is -3.07. The van der Waals surface area contributed by atoms with Crippen molar-refractivity contribution in [1.82, 2.24) is 15.8 Å². The SMILES string of the molecule is Cc1cc(NC(=O)c2cccc(F)c2)sc1C(=O)N(C)CCCC1CC(c2ccccc2)NN1. The van der Waals surface area contributed by atoms with Gasteiger partial charge in [-0.05, 0) is 61.6 Å². The van der Waals surface area contributed by atoms with E-state index >= 15 is 0 Å². The fraction of sp³-hybridized carbons (Fsp3) is 0.308. The number of thiophene rings is 1. The van der Waals surface area contributed by atoms with Crippen molar-refractivity contribution >= 4 is 28.2 Å². The second kappa shape index (κ2) is 10.9. The molecular formula is C26H29FN4O2S. The Morgan fingerprint density at radius 2 is 1.91 bits per heavy atom. The van der Waals surface area contributed by atoms with Gasteiger partial charge in [-0.2, -0.15) is 0 Å². The molecule has 0 bridgehead atoms. The highest BCUT2D eigenvalue weighted by molar-refractivity contribution is 7.18. The van der Waals surface area contributed by atoms with Gasteiger partial charge in [0.05, 0.1) is 9.88 Å². The van der Waals surface area contributed by atoms with Gasteiger partial charge in [0.2, 0.25) is 0 Å². The molecule has 2 atom stereocenters. The van der Waals surface area contributed by atoms with Gasteiger partial charge in [-0.25, -0.2) is 4.39 Å². The van der Waals surface area contributed by atoms with Gasteiger partial charge in [0.15, 0.2) is 0 Å². The van der Waals surface area contributed by atoms with E-state index in [1.54, 1.807) is 24.1 Å². The number of hydrazine groups is 1. The number of benzene rings is 2. The molecule has 8 heteroatoms. The first-order chi connectivity index (χ1) is 16.4. The van der Waals surface area contributed by atoms with Crippen LogP contribution >= 0.6 is 11.3 Å². The van der Waals surface area contributed by atoms with E-state index in [2.05, 4.69) is 40.4 Å². The second-order valence-corrected chi connectivity index (χ2v) is 9.69. The van der Waals surface area contributed by atoms with Crippen LogP contribution in [0.25, 0.3) is 0 Å². The normalized spacial score (nSPS) is 17.5. The van der Waals surface area contributed by atoms with Crippen molar-refractivity contribution < 1.29 is 14.0 Å². The third-order valence-electron chi connectivity index (χ3n) is 6.01. The van der Waals surface area contributed by atoms with Crippen molar-refractivity contribution in [3.05, 3.63) is 88.0 Å². The number of rotatable bonds is 8. The van der Waals surface area contributed by atoms with Crippen LogP contribution in [0.5, 0.6) is 0 Å². The van der Waals surface area contributed by atoms with Crippen LogP contribution in [0, 0.1) is 12.7 Å². The average Bonchev–Trinajstić information content (AvgIpc) is 3.45. The molecule has 2 amide bonds. The average molecular weight is 481 g/mol. The third kappa shape index (κ3) is 5.88. The van der Waals surface area contributed by atoms with Crippen molar-refractivity contribution in [2.45, 2.75) is 38.3 Å². The number of amides is 2. The zero-order valence-electron chi connectivity index (χ0n) is 19.3. The van der Waals surface area contributed by atoms with Gasteiger partial charge in [-0.3, -0.25) is 20.4 Å². The van der Waals surface area contributed by atoms with Crippen molar-refractivity contribution in [2.75, 3.05) is 18.9 Å². The maximum atomic E-state index is 13.4. The van der Waals surface area contributed by atoms with Crippen LogP contribution in [-0.4, -0.2) is 36.3 Å². The summed E-state index contributed by atoms with van der Waals surface area (Å²) in [5.74, 6) is -0.931. The minimum Gasteiger partial charge on any atom is -0.341 e. The highest BCUT2D eigenvalue weighted by Gasteiger charge is 2.25. The third-order valence-corrected chi connectivity index (χ3v) is 7.15. The van der Waals surface area contributed by atoms with Crippen molar-refractivity contribution in [3.8, 4) is 0 Å². The Kier molecular flexibility index (Phi) is 7.72. The number of carbonyl (C=O) groups is 2. The second-order valence-electron chi connectivity index (χ2n) is 8.64. The number of hydrogen-bond acceptors (Lipinski definition) is 5. The van der Waals surface area contributed by atoms with Crippen molar-refractivity contribution in [3.63, 3.8) is 0 Å². The Bertz CT molecular complexity index is 1150. The predicted molar refractivity (Wildman–Crippen MR) is 133 cm³/mol. The molecule has 0 spiro atoms. The summed E-state index contributed by atoms with van der Waals surface area (Å²) >= 11 is 1.24. The number of nitrogens with one attached hydrogen (secondary N) is 3. The Balaban J connectivity index is 1.27. The summed E-state index contributed by atoms with van der Waals surface area (Å²) in [5.41, 5.74) is 9.06. The molecule has 1 aliphatic heterocycles. The molecular weight excluding hydrogens is 451 g/mol. The fourth-order valence-corrected chi connectivity index (χ4v) is 5.20. The Morgan fingerprint density at radius 3 is 2.68 bits per heavy atom. The number of hydrogen-bond donors (Lipinski definition) is 3. The minimum absolute atomic E-state index is 0.0616. The Morgan fingerprint density at radius 1 is 1.12 bits per heavy atom. The van der Waals surface area contributed by atoms with Crippen LogP contribution in [0.4, 0.5) is 9.39 Å². The Labute approximate surface area is 203 Å². The summed E-state index contributed by atoms with van der Waals surface area (Å²) in [6.45, 7) is 2.50. The quantitative estimate of drug-likeness (QED) is 0.428. The predicted octanol–water partition coefficient (Wildman–Crippen LogP) is 4.91. The highest BCUT2D eigenvalue weighted by Crippen LogP contribution is 2.29. The molecule has 0 radical (unpaired) electrons. The zero-order valence-corrected chi connectivity index (χ0v) is 20.1. The molecule has 0 saturated carbocycles. The maximum absolute atomic E-state index is 13.4. The van der Waals surface area contributed by atoms with E-state index in [4.69, 9.17) is 0 Å². The first-order valence-electron chi connectivity index (χ1n) is 11.4. The molecule has 0 aliphatic carbocycles. The molecule has 1 aliphatic rings. The van der Waals surface area contributed by atoms with Crippen LogP contribution in [0.15, 0.2) is 60.7 Å². The molecule has 2 unspecified atom stereocenters. The maximum Gasteiger partial charge on any atom is 0.264 e. The van der Waals surface area contributed by atoms with E-state index in [9.17, 15) is 14.0 Å². The van der Waals surface area contributed by atoms with E-state index in [0.717, 1.165) is 24.8 Å². The number of nitrogens with zero attached hydrogens (tertiary/aromatic N) is 1. The lowest BCUT2D eigenvalue weighted by atomic mass is 10.00. The number of anilines is 1. The van der Waals surface area contributed by atoms with Gasteiger partial charge < -0.3 is 10.2 Å². The lowest BCUT2D eigenvalue weighted by molar-refractivity contribution is 0.0795. The summed E-state index contributed by atoms with van der Waals surface area (Å²) in [5, 5.41) is 3.33. The molecule has 1 aromatic heterocycles. The molecule has 1 saturated heterocycles. The lowest BCUT2D eigenvalue weighted by Crippen LogP contribution is -2.32. The van der Waals surface area contributed by atoms with Gasteiger partial charge in [0, 0.05) is 31.2 Å². The summed E-state index contributed by atoms with van der Waals surface area (Å²) in [6.07, 6.45) is 2.86. The van der Waals surface area contributed by atoms with Crippen LogP contribution < -0.4 is 16.2 Å². The first kappa shape index (κ1) is 24.1. The lowest BCUT2D eigenvalue weighted by Gasteiger charge is -2.18. The topological polar surface area (TPSA) is 73.5 Å². The molecule has 4 rings (SSSR count). The van der Waals surface area contributed by atoms with Gasteiger partial charge in [0.1, 0.15) is 5.82 Å². The molecule has 178 valence electrons. The van der Waals surface area contributed by atoms with Crippen LogP contribution in [-0.2, 0) is 0 Å². The van der Waals surface area contributed by atoms with Crippen molar-refractivity contribution in [2.24, 2.45) is 0 Å². The van der Waals surface area contributed by atoms with E-state index in [1.807, 2.05) is 13.0 Å². The van der Waals surface area contributed by atoms with Crippen LogP contribution in [0.2, 0.25) is 0 Å². The smallest absolute Gasteiger partial charge is 0.264 e. The van der Waals surface area contributed by atoms with E-state index in [0.29, 0.717) is 28.5 Å². The highest BCUT2D eigenvalue weighted by atomic mass is 32.1. The number of aryl methyl sites for hydroxylation is 1. The van der Waals surface area contributed by atoms with Crippen molar-refractivity contribution in [1.29, 1.82) is 0 Å². The molecule has 2 heterocycles. The van der Waals surface area contributed by atoms with Crippen LogP contribution in [0.3, 0.4) is 0 Å². The van der Waals surface area contributed by atoms with Gasteiger partial charge >= 0.3 is 0 Å². The molecule has 6 nitrogen and oxygen atoms in total. The van der Waals surface area contributed by atoms with E-state index < -0.39 is 11.7 Å². The molecule has 34 heavy (non-hydrogen) atoms. The fourth-order valence-electron chi connectivity index (χ4n) is 4.14. The van der Waals surface area contributed by atoms with Gasteiger partial charge in [0.25, 0.3) is 11.8 Å².